The Morgan fingerprint density at radius 3 is 2.32 bits per heavy atom. The van der Waals surface area contributed by atoms with E-state index in [9.17, 15) is 4.57 Å². The van der Waals surface area contributed by atoms with Gasteiger partial charge in [0.2, 0.25) is 0 Å². The van der Waals surface area contributed by atoms with Gasteiger partial charge in [0.15, 0.2) is 0 Å². The van der Waals surface area contributed by atoms with E-state index < -0.39 is 7.60 Å². The quantitative estimate of drug-likeness (QED) is 0.295. The van der Waals surface area contributed by atoms with E-state index in [0.717, 1.165) is 23.1 Å². The average molecular weight is 429 g/mol. The summed E-state index contributed by atoms with van der Waals surface area (Å²) in [6.07, 6.45) is 0.831. The maximum absolute atomic E-state index is 13.7. The van der Waals surface area contributed by atoms with E-state index in [0.29, 0.717) is 24.0 Å². The predicted octanol–water partition coefficient (Wildman–Crippen LogP) is 6.36. The second-order valence-electron chi connectivity index (χ2n) is 7.52. The van der Waals surface area contributed by atoms with Crippen LogP contribution in [0.25, 0.3) is 33.3 Å². The molecular weight excluding hydrogens is 405 g/mol. The fourth-order valence-electron chi connectivity index (χ4n) is 4.47. The number of benzene rings is 3. The van der Waals surface area contributed by atoms with Crippen molar-refractivity contribution in [2.75, 3.05) is 13.2 Å². The summed E-state index contributed by atoms with van der Waals surface area (Å²) in [4.78, 5) is 5.10. The van der Waals surface area contributed by atoms with Crippen molar-refractivity contribution in [3.63, 3.8) is 0 Å². The van der Waals surface area contributed by atoms with Crippen LogP contribution in [-0.4, -0.2) is 18.2 Å². The molecule has 0 spiro atoms. The maximum Gasteiger partial charge on any atom is 0.363 e. The molecule has 0 aliphatic heterocycles. The highest BCUT2D eigenvalue weighted by Crippen LogP contribution is 2.50. The van der Waals surface area contributed by atoms with E-state index in [1.807, 2.05) is 44.2 Å². The molecule has 0 amide bonds. The van der Waals surface area contributed by atoms with Gasteiger partial charge in [-0.1, -0.05) is 66.7 Å². The van der Waals surface area contributed by atoms with E-state index >= 15 is 0 Å². The number of para-hydroxylation sites is 1. The van der Waals surface area contributed by atoms with Gasteiger partial charge in [-0.3, -0.25) is 4.57 Å². The summed E-state index contributed by atoms with van der Waals surface area (Å²) < 4.78 is 25.1. The van der Waals surface area contributed by atoms with Crippen LogP contribution in [-0.2, 0) is 20.0 Å². The van der Waals surface area contributed by atoms with Gasteiger partial charge in [0.25, 0.3) is 0 Å². The van der Waals surface area contributed by atoms with Crippen LogP contribution in [0.3, 0.4) is 0 Å². The Kier molecular flexibility index (Phi) is 5.23. The molecule has 1 aliphatic rings. The first-order chi connectivity index (χ1) is 15.2. The summed E-state index contributed by atoms with van der Waals surface area (Å²) in [6, 6.07) is 24.5. The molecule has 0 saturated carbocycles. The fourth-order valence-corrected chi connectivity index (χ4v) is 6.20. The first-order valence-electron chi connectivity index (χ1n) is 10.6. The molecule has 0 atom stereocenters. The molecular formula is C26H24NO3P. The normalized spacial score (nSPS) is 12.7. The van der Waals surface area contributed by atoms with Crippen molar-refractivity contribution in [2.24, 2.45) is 0 Å². The molecule has 0 bridgehead atoms. The molecule has 0 radical (unpaired) electrons. The zero-order valence-corrected chi connectivity index (χ0v) is 18.6. The van der Waals surface area contributed by atoms with Crippen LogP contribution in [0.5, 0.6) is 0 Å². The smallest absolute Gasteiger partial charge is 0.305 e. The van der Waals surface area contributed by atoms with Crippen molar-refractivity contribution in [1.82, 2.24) is 4.98 Å². The van der Waals surface area contributed by atoms with Gasteiger partial charge in [-0.2, -0.15) is 0 Å². The number of hydrogen-bond acceptors (Lipinski definition) is 4. The maximum atomic E-state index is 13.7. The van der Waals surface area contributed by atoms with Crippen LogP contribution in [0.1, 0.15) is 25.0 Å². The summed E-state index contributed by atoms with van der Waals surface area (Å²) in [6.45, 7) is 4.25. The monoisotopic (exact) mass is 429 g/mol. The van der Waals surface area contributed by atoms with Crippen LogP contribution >= 0.6 is 7.60 Å². The molecule has 5 heteroatoms. The largest absolute Gasteiger partial charge is 0.363 e. The Balaban J connectivity index is 1.88. The Labute approximate surface area is 182 Å². The summed E-state index contributed by atoms with van der Waals surface area (Å²) in [5.74, 6) is 0. The molecule has 0 fully saturated rings. The highest BCUT2D eigenvalue weighted by Gasteiger charge is 2.32. The Morgan fingerprint density at radius 2 is 1.58 bits per heavy atom. The average Bonchev–Trinajstić information content (AvgIpc) is 3.19. The highest BCUT2D eigenvalue weighted by atomic mass is 31.2. The van der Waals surface area contributed by atoms with Gasteiger partial charge in [-0.05, 0) is 42.2 Å². The summed E-state index contributed by atoms with van der Waals surface area (Å²) in [5, 5.41) is 1.51. The topological polar surface area (TPSA) is 48.4 Å². The van der Waals surface area contributed by atoms with Gasteiger partial charge < -0.3 is 9.05 Å². The fraction of sp³-hybridized carbons (Fsp3) is 0.192. The lowest BCUT2D eigenvalue weighted by Gasteiger charge is -2.20. The minimum atomic E-state index is -3.50. The van der Waals surface area contributed by atoms with E-state index in [-0.39, 0.29) is 0 Å². The van der Waals surface area contributed by atoms with Crippen LogP contribution < -0.4 is 5.30 Å². The zero-order valence-electron chi connectivity index (χ0n) is 17.7. The van der Waals surface area contributed by atoms with E-state index in [1.165, 1.54) is 22.3 Å². The SMILES string of the molecule is CCOP(=O)(OCC)c1cccc2c3c(c(-c4ccccc4)nc12)Cc1ccccc1-3. The first-order valence-corrected chi connectivity index (χ1v) is 12.2. The number of pyridine rings is 1. The van der Waals surface area contributed by atoms with Crippen molar-refractivity contribution in [2.45, 2.75) is 20.3 Å². The van der Waals surface area contributed by atoms with Crippen LogP contribution in [0.15, 0.2) is 72.8 Å². The second-order valence-corrected chi connectivity index (χ2v) is 9.51. The summed E-state index contributed by atoms with van der Waals surface area (Å²) >= 11 is 0. The Bertz CT molecular complexity index is 1310. The molecule has 1 aromatic heterocycles. The predicted molar refractivity (Wildman–Crippen MR) is 126 cm³/mol. The lowest BCUT2D eigenvalue weighted by Crippen LogP contribution is -2.14. The third kappa shape index (κ3) is 3.32. The van der Waals surface area contributed by atoms with Crippen molar-refractivity contribution in [3.05, 3.63) is 83.9 Å². The molecule has 0 N–H and O–H groups in total. The summed E-state index contributed by atoms with van der Waals surface area (Å²) in [7, 11) is -3.50. The van der Waals surface area contributed by atoms with Gasteiger partial charge >= 0.3 is 7.60 Å². The molecule has 0 saturated heterocycles. The standard InChI is InChI=1S/C26H24NO3P/c1-3-29-31(28,30-4-2)23-16-10-15-21-24-20-14-9-8-13-19(20)17-22(24)25(27-26(21)23)18-11-6-5-7-12-18/h5-16H,3-4,17H2,1-2H3. The van der Waals surface area contributed by atoms with E-state index in [1.54, 1.807) is 0 Å². The molecule has 4 nitrogen and oxygen atoms in total. The minimum Gasteiger partial charge on any atom is -0.305 e. The lowest BCUT2D eigenvalue weighted by molar-refractivity contribution is 0.230. The molecule has 156 valence electrons. The zero-order chi connectivity index (χ0) is 21.4. The number of aromatic nitrogens is 1. The van der Waals surface area contributed by atoms with E-state index in [4.69, 9.17) is 14.0 Å². The van der Waals surface area contributed by atoms with Gasteiger partial charge in [0.05, 0.1) is 29.7 Å². The second kappa shape index (κ2) is 8.05. The van der Waals surface area contributed by atoms with Gasteiger partial charge in [-0.25, -0.2) is 4.98 Å². The molecule has 3 aromatic carbocycles. The molecule has 1 aliphatic carbocycles. The minimum absolute atomic E-state index is 0.299. The van der Waals surface area contributed by atoms with Crippen molar-refractivity contribution in [1.29, 1.82) is 0 Å². The van der Waals surface area contributed by atoms with Crippen molar-refractivity contribution in [3.8, 4) is 22.4 Å². The molecule has 5 rings (SSSR count). The van der Waals surface area contributed by atoms with Gasteiger partial charge in [-0.15, -0.1) is 0 Å². The molecule has 4 aromatic rings. The first kappa shape index (κ1) is 20.1. The third-order valence-electron chi connectivity index (χ3n) is 5.69. The number of fused-ring (bicyclic) bond motifs is 5. The number of rotatable bonds is 6. The summed E-state index contributed by atoms with van der Waals surface area (Å²) in [5.41, 5.74) is 7.52. The highest BCUT2D eigenvalue weighted by molar-refractivity contribution is 7.62. The molecule has 1 heterocycles. The number of nitrogens with zero attached hydrogens (tertiary/aromatic N) is 1. The molecule has 0 unspecified atom stereocenters. The van der Waals surface area contributed by atoms with E-state index in [2.05, 4.69) is 42.5 Å². The number of hydrogen-bond donors (Lipinski definition) is 0. The third-order valence-corrected chi connectivity index (χ3v) is 7.84. The van der Waals surface area contributed by atoms with Crippen LogP contribution in [0.2, 0.25) is 0 Å². The van der Waals surface area contributed by atoms with Crippen molar-refractivity contribution < 1.29 is 13.6 Å². The van der Waals surface area contributed by atoms with Gasteiger partial charge in [0.1, 0.15) is 0 Å². The van der Waals surface area contributed by atoms with Crippen molar-refractivity contribution >= 4 is 23.8 Å². The van der Waals surface area contributed by atoms with Crippen LogP contribution in [0, 0.1) is 0 Å². The Hall–Kier alpha value is -2.78. The lowest BCUT2D eigenvalue weighted by atomic mass is 9.97. The Morgan fingerprint density at radius 1 is 0.871 bits per heavy atom. The molecule has 31 heavy (non-hydrogen) atoms. The van der Waals surface area contributed by atoms with Crippen LogP contribution in [0.4, 0.5) is 0 Å². The van der Waals surface area contributed by atoms with Gasteiger partial charge in [0, 0.05) is 17.4 Å².